The molecule has 14 heavy (non-hydrogen) atoms. The average Bonchev–Trinajstić information content (AvgIpc) is 2.28. The molecular weight excluding hydrogens is 180 g/mol. The summed E-state index contributed by atoms with van der Waals surface area (Å²) < 4.78 is 5.48. The second-order valence-electron chi connectivity index (χ2n) is 5.34. The van der Waals surface area contributed by atoms with E-state index in [0.717, 1.165) is 6.42 Å². The summed E-state index contributed by atoms with van der Waals surface area (Å²) >= 11 is 0. The number of hydrogen-bond acceptors (Lipinski definition) is 3. The van der Waals surface area contributed by atoms with Crippen LogP contribution in [0.1, 0.15) is 33.6 Å². The molecule has 2 rings (SSSR count). The lowest BCUT2D eigenvalue weighted by Gasteiger charge is -2.55. The summed E-state index contributed by atoms with van der Waals surface area (Å²) in [6.07, 6.45) is 1.58. The minimum absolute atomic E-state index is 0.0713. The van der Waals surface area contributed by atoms with Crippen LogP contribution < -0.4 is 0 Å². The van der Waals surface area contributed by atoms with Crippen LogP contribution in [-0.4, -0.2) is 23.3 Å². The number of carbonyl (C=O) groups is 1. The largest absolute Gasteiger partial charge is 0.458 e. The number of esters is 1. The molecule has 80 valence electrons. The summed E-state index contributed by atoms with van der Waals surface area (Å²) in [4.78, 5) is 11.6. The number of ether oxygens (including phenoxy) is 1. The number of aliphatic hydroxyl groups is 1. The third-order valence-corrected chi connectivity index (χ3v) is 4.32. The molecule has 1 saturated carbocycles. The van der Waals surface area contributed by atoms with E-state index in [-0.39, 0.29) is 29.5 Å². The van der Waals surface area contributed by atoms with E-state index in [1.807, 2.05) is 6.92 Å². The highest BCUT2D eigenvalue weighted by molar-refractivity contribution is 5.77. The minimum atomic E-state index is -0.288. The highest BCUT2D eigenvalue weighted by Crippen LogP contribution is 2.62. The molecule has 0 radical (unpaired) electrons. The van der Waals surface area contributed by atoms with Crippen LogP contribution in [0.15, 0.2) is 0 Å². The van der Waals surface area contributed by atoms with Crippen molar-refractivity contribution in [2.75, 3.05) is 6.61 Å². The molecule has 3 heteroatoms. The quantitative estimate of drug-likeness (QED) is 0.681. The molecular formula is C11H18O3. The van der Waals surface area contributed by atoms with Gasteiger partial charge in [0.05, 0.1) is 5.92 Å². The number of aliphatic hydroxyl groups excluding tert-OH is 1. The van der Waals surface area contributed by atoms with Gasteiger partial charge in [0.2, 0.25) is 0 Å². The van der Waals surface area contributed by atoms with Gasteiger partial charge in [0, 0.05) is 17.9 Å². The predicted molar refractivity (Wildman–Crippen MR) is 51.6 cm³/mol. The summed E-state index contributed by atoms with van der Waals surface area (Å²) in [5.74, 6) is 0.132. The number of carbonyl (C=O) groups excluding carboxylic acids is 1. The Morgan fingerprint density at radius 2 is 2.14 bits per heavy atom. The van der Waals surface area contributed by atoms with E-state index in [1.165, 1.54) is 0 Å². The van der Waals surface area contributed by atoms with Crippen LogP contribution in [-0.2, 0) is 9.53 Å². The van der Waals surface area contributed by atoms with Crippen LogP contribution in [0.4, 0.5) is 0 Å². The Morgan fingerprint density at radius 3 is 2.57 bits per heavy atom. The van der Waals surface area contributed by atoms with Crippen molar-refractivity contribution >= 4 is 5.97 Å². The fraction of sp³-hybridized carbons (Fsp3) is 0.909. The first-order chi connectivity index (χ1) is 6.42. The van der Waals surface area contributed by atoms with E-state index < -0.39 is 0 Å². The lowest BCUT2D eigenvalue weighted by atomic mass is 9.51. The summed E-state index contributed by atoms with van der Waals surface area (Å²) in [5.41, 5.74) is -0.193. The molecule has 0 aromatic heterocycles. The van der Waals surface area contributed by atoms with Crippen molar-refractivity contribution in [2.45, 2.75) is 39.2 Å². The molecule has 0 aromatic carbocycles. The van der Waals surface area contributed by atoms with Gasteiger partial charge >= 0.3 is 5.97 Å². The van der Waals surface area contributed by atoms with Crippen molar-refractivity contribution in [1.29, 1.82) is 0 Å². The Kier molecular flexibility index (Phi) is 1.94. The maximum atomic E-state index is 11.6. The van der Waals surface area contributed by atoms with Gasteiger partial charge in [-0.25, -0.2) is 0 Å². The molecule has 0 amide bonds. The molecule has 0 spiro atoms. The van der Waals surface area contributed by atoms with Crippen molar-refractivity contribution in [3.63, 3.8) is 0 Å². The monoisotopic (exact) mass is 198 g/mol. The van der Waals surface area contributed by atoms with Crippen molar-refractivity contribution < 1.29 is 14.6 Å². The van der Waals surface area contributed by atoms with Crippen LogP contribution in [0.5, 0.6) is 0 Å². The molecule has 3 atom stereocenters. The maximum Gasteiger partial charge on any atom is 0.310 e. The first-order valence-corrected chi connectivity index (χ1v) is 5.26. The van der Waals surface area contributed by atoms with E-state index in [9.17, 15) is 4.79 Å². The molecule has 2 fully saturated rings. The highest BCUT2D eigenvalue weighted by atomic mass is 16.6. The molecule has 0 unspecified atom stereocenters. The lowest BCUT2D eigenvalue weighted by Crippen LogP contribution is -2.58. The molecule has 2 aliphatic rings. The molecule has 1 aliphatic heterocycles. The SMILES string of the molecule is CC1(C)C[C@@H]2[C@@H](CCO)C(=O)O[C@@]21C. The Labute approximate surface area is 84.4 Å². The number of rotatable bonds is 2. The number of fused-ring (bicyclic) bond motifs is 1. The highest BCUT2D eigenvalue weighted by Gasteiger charge is 2.67. The second-order valence-corrected chi connectivity index (χ2v) is 5.34. The van der Waals surface area contributed by atoms with Crippen LogP contribution in [0.3, 0.4) is 0 Å². The normalized spacial score (nSPS) is 44.1. The van der Waals surface area contributed by atoms with Gasteiger partial charge in [-0.15, -0.1) is 0 Å². The van der Waals surface area contributed by atoms with Gasteiger partial charge < -0.3 is 9.84 Å². The first kappa shape index (κ1) is 9.97. The maximum absolute atomic E-state index is 11.6. The molecule has 0 aromatic rings. The molecule has 0 bridgehead atoms. The Bertz CT molecular complexity index is 272. The molecule has 1 N–H and O–H groups in total. The van der Waals surface area contributed by atoms with Gasteiger partial charge in [0.1, 0.15) is 5.60 Å². The molecule has 1 heterocycles. The summed E-state index contributed by atoms with van der Waals surface area (Å²) in [6.45, 7) is 6.37. The third-order valence-electron chi connectivity index (χ3n) is 4.32. The van der Waals surface area contributed by atoms with E-state index in [4.69, 9.17) is 9.84 Å². The van der Waals surface area contributed by atoms with Crippen LogP contribution in [0, 0.1) is 17.3 Å². The van der Waals surface area contributed by atoms with Crippen molar-refractivity contribution in [3.05, 3.63) is 0 Å². The predicted octanol–water partition coefficient (Wildman–Crippen LogP) is 1.35. The first-order valence-electron chi connectivity index (χ1n) is 5.26. The minimum Gasteiger partial charge on any atom is -0.458 e. The van der Waals surface area contributed by atoms with Gasteiger partial charge in [-0.3, -0.25) is 4.79 Å². The Morgan fingerprint density at radius 1 is 1.50 bits per heavy atom. The standard InChI is InChI=1S/C11H18O3/c1-10(2)6-8-7(4-5-12)9(13)14-11(8,10)3/h7-8,12H,4-6H2,1-3H3/t7-,8-,11+/m1/s1. The van der Waals surface area contributed by atoms with Crippen LogP contribution in [0.2, 0.25) is 0 Å². The topological polar surface area (TPSA) is 46.5 Å². The van der Waals surface area contributed by atoms with E-state index in [0.29, 0.717) is 12.3 Å². The van der Waals surface area contributed by atoms with Crippen molar-refractivity contribution in [3.8, 4) is 0 Å². The Hall–Kier alpha value is -0.570. The van der Waals surface area contributed by atoms with Crippen molar-refractivity contribution in [1.82, 2.24) is 0 Å². The third kappa shape index (κ3) is 0.991. The molecule has 3 nitrogen and oxygen atoms in total. The van der Waals surface area contributed by atoms with Gasteiger partial charge in [0.25, 0.3) is 0 Å². The average molecular weight is 198 g/mol. The second kappa shape index (κ2) is 2.72. The van der Waals surface area contributed by atoms with Crippen molar-refractivity contribution in [2.24, 2.45) is 17.3 Å². The zero-order valence-corrected chi connectivity index (χ0v) is 9.04. The summed E-state index contributed by atoms with van der Waals surface area (Å²) in [5, 5.41) is 8.88. The van der Waals surface area contributed by atoms with Crippen LogP contribution >= 0.6 is 0 Å². The smallest absolute Gasteiger partial charge is 0.310 e. The van der Waals surface area contributed by atoms with E-state index >= 15 is 0 Å². The summed E-state index contributed by atoms with van der Waals surface area (Å²) in [6, 6.07) is 0. The molecule has 1 saturated heterocycles. The zero-order chi connectivity index (χ0) is 10.6. The van der Waals surface area contributed by atoms with Gasteiger partial charge in [-0.05, 0) is 19.8 Å². The Balaban J connectivity index is 2.19. The fourth-order valence-corrected chi connectivity index (χ4v) is 2.97. The lowest BCUT2D eigenvalue weighted by molar-refractivity contribution is -0.185. The van der Waals surface area contributed by atoms with Gasteiger partial charge in [-0.2, -0.15) is 0 Å². The van der Waals surface area contributed by atoms with E-state index in [2.05, 4.69) is 13.8 Å². The molecule has 1 aliphatic carbocycles. The van der Waals surface area contributed by atoms with Gasteiger partial charge in [0.15, 0.2) is 0 Å². The van der Waals surface area contributed by atoms with Crippen LogP contribution in [0.25, 0.3) is 0 Å². The van der Waals surface area contributed by atoms with Gasteiger partial charge in [-0.1, -0.05) is 13.8 Å². The zero-order valence-electron chi connectivity index (χ0n) is 9.04. The summed E-state index contributed by atoms with van der Waals surface area (Å²) in [7, 11) is 0. The van der Waals surface area contributed by atoms with E-state index in [1.54, 1.807) is 0 Å². The fourth-order valence-electron chi connectivity index (χ4n) is 2.97. The number of hydrogen-bond donors (Lipinski definition) is 1.